The molecule has 2 bridgehead atoms. The van der Waals surface area contributed by atoms with Crippen LogP contribution >= 0.6 is 0 Å². The summed E-state index contributed by atoms with van der Waals surface area (Å²) in [6, 6.07) is 16.7. The van der Waals surface area contributed by atoms with Crippen molar-refractivity contribution in [2.75, 3.05) is 13.2 Å². The van der Waals surface area contributed by atoms with Crippen LogP contribution in [0.5, 0.6) is 11.5 Å². The van der Waals surface area contributed by atoms with Crippen LogP contribution in [0, 0.1) is 17.3 Å². The zero-order valence-corrected chi connectivity index (χ0v) is 17.5. The first-order valence-electron chi connectivity index (χ1n) is 10.5. The standard InChI is InChI=1S/C25H28N2O3/c1-25(2)19-13-12-18(22(25)16-19)17-26-27-24(28)21-10-6-7-11-23(21)30-15-14-29-20-8-4-3-5-9-20/h3-12,17,19,22H,13-16H2,1-2H3,(H,27,28). The minimum Gasteiger partial charge on any atom is -0.490 e. The quantitative estimate of drug-likeness (QED) is 0.389. The number of hydrogen-bond acceptors (Lipinski definition) is 4. The first-order chi connectivity index (χ1) is 14.6. The number of carbonyl (C=O) groups excluding carboxylic acids is 1. The van der Waals surface area contributed by atoms with E-state index in [2.05, 4.69) is 30.5 Å². The van der Waals surface area contributed by atoms with Crippen LogP contribution in [-0.4, -0.2) is 25.3 Å². The molecule has 1 N–H and O–H groups in total. The molecule has 0 saturated heterocycles. The minimum atomic E-state index is -0.284. The van der Waals surface area contributed by atoms with E-state index >= 15 is 0 Å². The molecule has 0 radical (unpaired) electrons. The van der Waals surface area contributed by atoms with Crippen molar-refractivity contribution in [2.24, 2.45) is 22.4 Å². The summed E-state index contributed by atoms with van der Waals surface area (Å²) < 4.78 is 11.4. The van der Waals surface area contributed by atoms with Crippen molar-refractivity contribution < 1.29 is 14.3 Å². The van der Waals surface area contributed by atoms with Gasteiger partial charge < -0.3 is 9.47 Å². The Labute approximate surface area is 177 Å². The molecule has 3 aliphatic carbocycles. The van der Waals surface area contributed by atoms with Gasteiger partial charge in [0.1, 0.15) is 24.7 Å². The maximum absolute atomic E-state index is 12.6. The monoisotopic (exact) mass is 404 g/mol. The Morgan fingerprint density at radius 3 is 2.60 bits per heavy atom. The highest BCUT2D eigenvalue weighted by atomic mass is 16.5. The number of amides is 1. The lowest BCUT2D eigenvalue weighted by atomic mass is 9.49. The summed E-state index contributed by atoms with van der Waals surface area (Å²) in [7, 11) is 0. The molecule has 30 heavy (non-hydrogen) atoms. The van der Waals surface area contributed by atoms with Gasteiger partial charge in [0.15, 0.2) is 0 Å². The number of fused-ring (bicyclic) bond motifs is 1. The van der Waals surface area contributed by atoms with Gasteiger partial charge in [0.25, 0.3) is 5.91 Å². The summed E-state index contributed by atoms with van der Waals surface area (Å²) in [5.41, 5.74) is 4.66. The van der Waals surface area contributed by atoms with Crippen LogP contribution in [0.25, 0.3) is 0 Å². The predicted molar refractivity (Wildman–Crippen MR) is 118 cm³/mol. The highest BCUT2D eigenvalue weighted by molar-refractivity contribution is 5.97. The van der Waals surface area contributed by atoms with E-state index in [0.717, 1.165) is 18.1 Å². The Morgan fingerprint density at radius 1 is 1.10 bits per heavy atom. The second-order valence-corrected chi connectivity index (χ2v) is 8.45. The van der Waals surface area contributed by atoms with E-state index in [1.165, 1.54) is 12.0 Å². The Bertz CT molecular complexity index is 950. The van der Waals surface area contributed by atoms with Gasteiger partial charge in [-0.05, 0) is 59.9 Å². The van der Waals surface area contributed by atoms with E-state index in [1.807, 2.05) is 42.5 Å². The third-order valence-electron chi connectivity index (χ3n) is 6.38. The van der Waals surface area contributed by atoms with Crippen molar-refractivity contribution in [1.29, 1.82) is 0 Å². The molecule has 2 aromatic rings. The maximum Gasteiger partial charge on any atom is 0.275 e. The molecule has 2 atom stereocenters. The fraction of sp³-hybridized carbons (Fsp3) is 0.360. The van der Waals surface area contributed by atoms with Crippen LogP contribution in [0.15, 0.2) is 71.3 Å². The summed E-state index contributed by atoms with van der Waals surface area (Å²) in [4.78, 5) is 12.6. The minimum absolute atomic E-state index is 0.284. The second-order valence-electron chi connectivity index (χ2n) is 8.45. The Morgan fingerprint density at radius 2 is 1.83 bits per heavy atom. The molecule has 2 aromatic carbocycles. The lowest BCUT2D eigenvalue weighted by Crippen LogP contribution is -2.48. The van der Waals surface area contributed by atoms with E-state index in [0.29, 0.717) is 35.9 Å². The van der Waals surface area contributed by atoms with Crippen LogP contribution < -0.4 is 14.9 Å². The first-order valence-corrected chi connectivity index (χ1v) is 10.5. The predicted octanol–water partition coefficient (Wildman–Crippen LogP) is 4.85. The number of benzene rings is 2. The molecule has 3 aliphatic rings. The topological polar surface area (TPSA) is 59.9 Å². The first kappa shape index (κ1) is 20.2. The van der Waals surface area contributed by atoms with Gasteiger partial charge in [-0.15, -0.1) is 0 Å². The number of carbonyl (C=O) groups is 1. The summed E-state index contributed by atoms with van der Waals surface area (Å²) in [6.07, 6.45) is 6.38. The summed E-state index contributed by atoms with van der Waals surface area (Å²) in [6.45, 7) is 5.37. The number of para-hydroxylation sites is 2. The average Bonchev–Trinajstić information content (AvgIpc) is 2.77. The lowest BCUT2D eigenvalue weighted by molar-refractivity contribution is -0.00126. The fourth-order valence-electron chi connectivity index (χ4n) is 4.38. The van der Waals surface area contributed by atoms with Crippen molar-refractivity contribution in [3.05, 3.63) is 71.8 Å². The summed E-state index contributed by atoms with van der Waals surface area (Å²) >= 11 is 0. The van der Waals surface area contributed by atoms with Crippen molar-refractivity contribution >= 4 is 12.1 Å². The molecule has 156 valence electrons. The summed E-state index contributed by atoms with van der Waals surface area (Å²) in [5.74, 6) is 2.34. The van der Waals surface area contributed by atoms with Gasteiger partial charge in [-0.25, -0.2) is 5.43 Å². The zero-order chi connectivity index (χ0) is 21.0. The largest absolute Gasteiger partial charge is 0.490 e. The van der Waals surface area contributed by atoms with Crippen LogP contribution in [0.1, 0.15) is 37.0 Å². The van der Waals surface area contributed by atoms with Crippen molar-refractivity contribution in [1.82, 2.24) is 5.43 Å². The van der Waals surface area contributed by atoms with Crippen molar-refractivity contribution in [2.45, 2.75) is 26.7 Å². The lowest BCUT2D eigenvalue weighted by Gasteiger charge is -2.55. The Balaban J connectivity index is 1.30. The van der Waals surface area contributed by atoms with Crippen LogP contribution in [0.3, 0.4) is 0 Å². The molecule has 5 heteroatoms. The molecule has 0 aromatic heterocycles. The van der Waals surface area contributed by atoms with Crippen LogP contribution in [-0.2, 0) is 0 Å². The molecule has 2 unspecified atom stereocenters. The van der Waals surface area contributed by atoms with Crippen LogP contribution in [0.2, 0.25) is 0 Å². The Hall–Kier alpha value is -3.08. The van der Waals surface area contributed by atoms with Gasteiger partial charge in [-0.3, -0.25) is 4.79 Å². The molecule has 5 nitrogen and oxygen atoms in total. The number of rotatable bonds is 8. The molecular formula is C25H28N2O3. The average molecular weight is 405 g/mol. The number of nitrogens with one attached hydrogen (secondary N) is 1. The number of hydrazone groups is 1. The molecular weight excluding hydrogens is 376 g/mol. The van der Waals surface area contributed by atoms with E-state index in [1.54, 1.807) is 18.3 Å². The molecule has 0 heterocycles. The van der Waals surface area contributed by atoms with E-state index < -0.39 is 0 Å². The van der Waals surface area contributed by atoms with Gasteiger partial charge in [-0.1, -0.05) is 50.3 Å². The highest BCUT2D eigenvalue weighted by Crippen LogP contribution is 2.58. The molecule has 0 spiro atoms. The summed E-state index contributed by atoms with van der Waals surface area (Å²) in [5, 5.41) is 4.22. The fourth-order valence-corrected chi connectivity index (χ4v) is 4.38. The number of ether oxygens (including phenoxy) is 2. The normalized spacial score (nSPS) is 21.5. The smallest absolute Gasteiger partial charge is 0.275 e. The third kappa shape index (κ3) is 4.25. The van der Waals surface area contributed by atoms with Crippen molar-refractivity contribution in [3.8, 4) is 11.5 Å². The Kier molecular flexibility index (Phi) is 5.88. The highest BCUT2D eigenvalue weighted by Gasteiger charge is 2.50. The molecule has 1 fully saturated rings. The van der Waals surface area contributed by atoms with Gasteiger partial charge in [0, 0.05) is 0 Å². The van der Waals surface area contributed by atoms with Crippen LogP contribution in [0.4, 0.5) is 0 Å². The van der Waals surface area contributed by atoms with Gasteiger partial charge in [0.05, 0.1) is 11.8 Å². The molecule has 0 aliphatic heterocycles. The second kappa shape index (κ2) is 8.74. The maximum atomic E-state index is 12.6. The van der Waals surface area contributed by atoms with E-state index in [4.69, 9.17) is 9.47 Å². The van der Waals surface area contributed by atoms with E-state index in [-0.39, 0.29) is 5.91 Å². The van der Waals surface area contributed by atoms with Gasteiger partial charge in [0.2, 0.25) is 0 Å². The van der Waals surface area contributed by atoms with Crippen molar-refractivity contribution in [3.63, 3.8) is 0 Å². The van der Waals surface area contributed by atoms with Gasteiger partial charge in [-0.2, -0.15) is 5.10 Å². The SMILES string of the molecule is CC1(C)C2CC=C(C=NNC(=O)c3ccccc3OCCOc3ccccc3)C1C2. The number of hydrogen-bond donors (Lipinski definition) is 1. The third-order valence-corrected chi connectivity index (χ3v) is 6.38. The zero-order valence-electron chi connectivity index (χ0n) is 17.5. The molecule has 5 rings (SSSR count). The molecule has 1 amide bonds. The number of nitrogens with zero attached hydrogens (tertiary/aromatic N) is 1. The van der Waals surface area contributed by atoms with Gasteiger partial charge >= 0.3 is 0 Å². The molecule has 1 saturated carbocycles. The van der Waals surface area contributed by atoms with E-state index in [9.17, 15) is 4.79 Å². The number of allylic oxidation sites excluding steroid dienone is 2.